The maximum atomic E-state index is 12.0. The lowest BCUT2D eigenvalue weighted by molar-refractivity contribution is -0.127. The molecule has 0 aliphatic carbocycles. The third kappa shape index (κ3) is 5.52. The largest absolute Gasteiger partial charge is 0.343 e. The molecule has 0 radical (unpaired) electrons. The number of benzene rings is 1. The molecule has 1 heterocycles. The van der Waals surface area contributed by atoms with E-state index in [9.17, 15) is 18.0 Å². The van der Waals surface area contributed by atoms with Gasteiger partial charge >= 0.3 is 6.03 Å². The first kappa shape index (κ1) is 18.3. The van der Waals surface area contributed by atoms with E-state index in [4.69, 9.17) is 0 Å². The summed E-state index contributed by atoms with van der Waals surface area (Å²) in [5.74, 6) is 0.0257. The highest BCUT2D eigenvalue weighted by atomic mass is 32.2. The zero-order valence-electron chi connectivity index (χ0n) is 13.5. The third-order valence-electron chi connectivity index (χ3n) is 3.82. The lowest BCUT2D eigenvalue weighted by Crippen LogP contribution is -2.39. The van der Waals surface area contributed by atoms with Gasteiger partial charge in [0.15, 0.2) is 9.84 Å². The van der Waals surface area contributed by atoms with E-state index in [0.717, 1.165) is 13.0 Å². The van der Waals surface area contributed by atoms with E-state index < -0.39 is 15.9 Å². The van der Waals surface area contributed by atoms with Gasteiger partial charge in [-0.05, 0) is 25.0 Å². The molecule has 1 saturated heterocycles. The Morgan fingerprint density at radius 1 is 1.12 bits per heavy atom. The van der Waals surface area contributed by atoms with Crippen LogP contribution < -0.4 is 10.6 Å². The molecule has 7 nitrogen and oxygen atoms in total. The molecular formula is C16H23N3O4S. The van der Waals surface area contributed by atoms with Gasteiger partial charge in [-0.25, -0.2) is 13.2 Å². The molecule has 0 atom stereocenters. The van der Waals surface area contributed by atoms with E-state index >= 15 is 0 Å². The van der Waals surface area contributed by atoms with Gasteiger partial charge in [-0.1, -0.05) is 18.2 Å². The van der Waals surface area contributed by atoms with Crippen LogP contribution in [0.25, 0.3) is 0 Å². The van der Waals surface area contributed by atoms with Crippen LogP contribution in [0.3, 0.4) is 0 Å². The summed E-state index contributed by atoms with van der Waals surface area (Å²) < 4.78 is 24.1. The van der Waals surface area contributed by atoms with Crippen LogP contribution in [-0.4, -0.2) is 57.2 Å². The van der Waals surface area contributed by atoms with Gasteiger partial charge < -0.3 is 15.5 Å². The van der Waals surface area contributed by atoms with Gasteiger partial charge in [0.25, 0.3) is 0 Å². The molecular weight excluding hydrogens is 330 g/mol. The molecule has 0 bridgehead atoms. The number of rotatable bonds is 8. The van der Waals surface area contributed by atoms with E-state index in [1.54, 1.807) is 23.1 Å². The molecule has 3 amide bonds. The molecule has 1 aromatic carbocycles. The Morgan fingerprint density at radius 2 is 1.83 bits per heavy atom. The van der Waals surface area contributed by atoms with Crippen molar-refractivity contribution in [1.29, 1.82) is 0 Å². The van der Waals surface area contributed by atoms with Gasteiger partial charge in [-0.15, -0.1) is 0 Å². The monoisotopic (exact) mass is 353 g/mol. The van der Waals surface area contributed by atoms with Crippen LogP contribution in [0.2, 0.25) is 0 Å². The van der Waals surface area contributed by atoms with Gasteiger partial charge in [0.1, 0.15) is 0 Å². The van der Waals surface area contributed by atoms with Crippen LogP contribution >= 0.6 is 0 Å². The molecule has 8 heteroatoms. The lowest BCUT2D eigenvalue weighted by atomic mass is 10.4. The first-order valence-electron chi connectivity index (χ1n) is 8.06. The van der Waals surface area contributed by atoms with E-state index in [2.05, 4.69) is 10.6 Å². The summed E-state index contributed by atoms with van der Waals surface area (Å²) in [6.45, 7) is 1.93. The summed E-state index contributed by atoms with van der Waals surface area (Å²) in [6.07, 6.45) is 2.20. The predicted molar refractivity (Wildman–Crippen MR) is 90.3 cm³/mol. The van der Waals surface area contributed by atoms with Crippen LogP contribution in [0.1, 0.15) is 19.3 Å². The molecule has 0 spiro atoms. The smallest absolute Gasteiger partial charge is 0.314 e. The minimum atomic E-state index is -3.38. The highest BCUT2D eigenvalue weighted by Gasteiger charge is 2.19. The highest BCUT2D eigenvalue weighted by Crippen LogP contribution is 2.10. The van der Waals surface area contributed by atoms with Gasteiger partial charge in [0, 0.05) is 32.6 Å². The number of urea groups is 1. The molecule has 1 aromatic rings. The average molecular weight is 353 g/mol. The van der Waals surface area contributed by atoms with Crippen LogP contribution in [-0.2, 0) is 14.6 Å². The average Bonchev–Trinajstić information content (AvgIpc) is 2.97. The second-order valence-corrected chi connectivity index (χ2v) is 7.76. The fraction of sp³-hybridized carbons (Fsp3) is 0.500. The molecule has 1 aliphatic heterocycles. The van der Waals surface area contributed by atoms with Crippen molar-refractivity contribution in [2.45, 2.75) is 24.2 Å². The first-order chi connectivity index (χ1) is 11.5. The highest BCUT2D eigenvalue weighted by molar-refractivity contribution is 7.91. The van der Waals surface area contributed by atoms with E-state index in [0.29, 0.717) is 25.9 Å². The Balaban J connectivity index is 1.60. The molecule has 1 aliphatic rings. The SMILES string of the molecule is O=C(NCCCN1CCCC1=O)NCCS(=O)(=O)c1ccccc1. The maximum Gasteiger partial charge on any atom is 0.314 e. The van der Waals surface area contributed by atoms with Gasteiger partial charge in [-0.3, -0.25) is 4.79 Å². The summed E-state index contributed by atoms with van der Waals surface area (Å²) >= 11 is 0. The van der Waals surface area contributed by atoms with Gasteiger partial charge in [0.2, 0.25) is 5.91 Å². The standard InChI is InChI=1S/C16H23N3O4S/c20-15-8-4-11-19(15)12-5-9-17-16(21)18-10-13-24(22,23)14-6-2-1-3-7-14/h1-3,6-7H,4-5,8-13H2,(H2,17,18,21). The fourth-order valence-electron chi connectivity index (χ4n) is 2.52. The second-order valence-electron chi connectivity index (χ2n) is 5.65. The summed E-state index contributed by atoms with van der Waals surface area (Å²) in [5.41, 5.74) is 0. The maximum absolute atomic E-state index is 12.0. The minimum Gasteiger partial charge on any atom is -0.343 e. The third-order valence-corrected chi connectivity index (χ3v) is 5.55. The second kappa shape index (κ2) is 8.68. The number of hydrogen-bond donors (Lipinski definition) is 2. The number of carbonyl (C=O) groups is 2. The summed E-state index contributed by atoms with van der Waals surface area (Å²) in [6, 6.07) is 7.76. The van der Waals surface area contributed by atoms with Crippen molar-refractivity contribution in [3.05, 3.63) is 30.3 Å². The number of sulfone groups is 1. The van der Waals surface area contributed by atoms with Crippen molar-refractivity contribution in [2.24, 2.45) is 0 Å². The van der Waals surface area contributed by atoms with Gasteiger partial charge in [-0.2, -0.15) is 0 Å². The van der Waals surface area contributed by atoms with E-state index in [1.807, 2.05) is 0 Å². The number of nitrogens with zero attached hydrogens (tertiary/aromatic N) is 1. The number of amides is 3. The molecule has 24 heavy (non-hydrogen) atoms. The number of carbonyl (C=O) groups excluding carboxylic acids is 2. The summed E-state index contributed by atoms with van der Waals surface area (Å²) in [7, 11) is -3.38. The number of likely N-dealkylation sites (tertiary alicyclic amines) is 1. The van der Waals surface area contributed by atoms with Crippen molar-refractivity contribution in [3.8, 4) is 0 Å². The van der Waals surface area contributed by atoms with E-state index in [-0.39, 0.29) is 23.1 Å². The van der Waals surface area contributed by atoms with Crippen LogP contribution in [0.15, 0.2) is 35.2 Å². The van der Waals surface area contributed by atoms with Crippen molar-refractivity contribution < 1.29 is 18.0 Å². The van der Waals surface area contributed by atoms with Gasteiger partial charge in [0.05, 0.1) is 10.6 Å². The van der Waals surface area contributed by atoms with Crippen molar-refractivity contribution >= 4 is 21.8 Å². The Labute approximate surface area is 142 Å². The zero-order chi connectivity index (χ0) is 17.4. The van der Waals surface area contributed by atoms with Crippen molar-refractivity contribution in [3.63, 3.8) is 0 Å². The number of hydrogen-bond acceptors (Lipinski definition) is 4. The van der Waals surface area contributed by atoms with Crippen molar-refractivity contribution in [2.75, 3.05) is 31.9 Å². The number of nitrogens with one attached hydrogen (secondary N) is 2. The topological polar surface area (TPSA) is 95.6 Å². The molecule has 0 saturated carbocycles. The van der Waals surface area contributed by atoms with Crippen LogP contribution in [0.4, 0.5) is 4.79 Å². The molecule has 0 unspecified atom stereocenters. The Bertz CT molecular complexity index is 661. The normalized spacial score (nSPS) is 14.7. The fourth-order valence-corrected chi connectivity index (χ4v) is 3.70. The summed E-state index contributed by atoms with van der Waals surface area (Å²) in [4.78, 5) is 25.1. The van der Waals surface area contributed by atoms with E-state index in [1.165, 1.54) is 12.1 Å². The Hall–Kier alpha value is -2.09. The molecule has 2 rings (SSSR count). The molecule has 0 aromatic heterocycles. The minimum absolute atomic E-state index is 0.0493. The zero-order valence-corrected chi connectivity index (χ0v) is 14.3. The first-order valence-corrected chi connectivity index (χ1v) is 9.71. The Morgan fingerprint density at radius 3 is 2.50 bits per heavy atom. The lowest BCUT2D eigenvalue weighted by Gasteiger charge is -2.15. The predicted octanol–water partition coefficient (Wildman–Crippen LogP) is 0.772. The molecule has 132 valence electrons. The Kier molecular flexibility index (Phi) is 6.60. The molecule has 2 N–H and O–H groups in total. The molecule has 1 fully saturated rings. The van der Waals surface area contributed by atoms with Crippen molar-refractivity contribution in [1.82, 2.24) is 15.5 Å². The van der Waals surface area contributed by atoms with Crippen LogP contribution in [0, 0.1) is 0 Å². The summed E-state index contributed by atoms with van der Waals surface area (Å²) in [5, 5.41) is 5.20. The van der Waals surface area contributed by atoms with Crippen LogP contribution in [0.5, 0.6) is 0 Å². The quantitative estimate of drug-likeness (QED) is 0.675.